The third kappa shape index (κ3) is 5.10. The zero-order chi connectivity index (χ0) is 16.6. The van der Waals surface area contributed by atoms with Gasteiger partial charge in [-0.25, -0.2) is 9.97 Å². The van der Waals surface area contributed by atoms with Crippen LogP contribution in [0.1, 0.15) is 16.6 Å². The molecule has 0 saturated heterocycles. The molecule has 1 aromatic heterocycles. The Bertz CT molecular complexity index is 620. The lowest BCUT2D eigenvalue weighted by molar-refractivity contribution is 0.244. The molecule has 1 rings (SSSR count). The Morgan fingerprint density at radius 3 is 2.53 bits per heavy atom. The molecular formula is C10H15Cl2N3O3S. The SMILES string of the molecule is [2H]C([2H])(OS(C)(=O)=O)C(C)(C)N(C)c1cc(Cl)nc(Cl)n1. The number of aromatic nitrogens is 2. The van der Waals surface area contributed by atoms with Crippen LogP contribution in [0.15, 0.2) is 6.07 Å². The highest BCUT2D eigenvalue weighted by molar-refractivity contribution is 7.85. The van der Waals surface area contributed by atoms with E-state index in [0.29, 0.717) is 0 Å². The average molecular weight is 330 g/mol. The zero-order valence-electron chi connectivity index (χ0n) is 12.8. The predicted octanol–water partition coefficient (Wildman–Crippen LogP) is 1.97. The van der Waals surface area contributed by atoms with Crippen LogP contribution in [0, 0.1) is 0 Å². The maximum atomic E-state index is 11.2. The van der Waals surface area contributed by atoms with Gasteiger partial charge in [0.05, 0.1) is 21.1 Å². The Morgan fingerprint density at radius 1 is 1.47 bits per heavy atom. The third-order valence-corrected chi connectivity index (χ3v) is 3.03. The van der Waals surface area contributed by atoms with E-state index in [1.807, 2.05) is 0 Å². The van der Waals surface area contributed by atoms with Crippen LogP contribution >= 0.6 is 23.2 Å². The number of nitrogens with zero attached hydrogens (tertiary/aromatic N) is 3. The fraction of sp³-hybridized carbons (Fsp3) is 0.600. The molecule has 0 spiro atoms. The van der Waals surface area contributed by atoms with E-state index in [1.165, 1.54) is 31.9 Å². The van der Waals surface area contributed by atoms with E-state index in [1.54, 1.807) is 0 Å². The minimum absolute atomic E-state index is 0.0808. The lowest BCUT2D eigenvalue weighted by Crippen LogP contribution is -2.46. The van der Waals surface area contributed by atoms with Gasteiger partial charge in [0.25, 0.3) is 10.1 Å². The molecule has 1 heterocycles. The van der Waals surface area contributed by atoms with Gasteiger partial charge in [-0.1, -0.05) is 11.6 Å². The summed E-state index contributed by atoms with van der Waals surface area (Å²) in [6.45, 7) is 0.406. The van der Waals surface area contributed by atoms with Gasteiger partial charge in [0.15, 0.2) is 0 Å². The van der Waals surface area contributed by atoms with Crippen LogP contribution in [-0.2, 0) is 14.3 Å². The molecule has 19 heavy (non-hydrogen) atoms. The Hall–Kier alpha value is -0.630. The second kappa shape index (κ2) is 5.78. The first-order chi connectivity index (χ1) is 9.26. The number of hydrogen-bond acceptors (Lipinski definition) is 6. The van der Waals surface area contributed by atoms with Crippen molar-refractivity contribution in [3.8, 4) is 0 Å². The first-order valence-electron chi connectivity index (χ1n) is 6.11. The van der Waals surface area contributed by atoms with Gasteiger partial charge >= 0.3 is 0 Å². The van der Waals surface area contributed by atoms with Gasteiger partial charge in [-0.3, -0.25) is 4.18 Å². The Kier molecular flexibility index (Phi) is 4.07. The molecule has 0 atom stereocenters. The molecule has 6 nitrogen and oxygen atoms in total. The maximum Gasteiger partial charge on any atom is 0.264 e. The molecule has 0 unspecified atom stereocenters. The minimum atomic E-state index is -3.98. The van der Waals surface area contributed by atoms with Crippen molar-refractivity contribution >= 4 is 39.1 Å². The molecular weight excluding hydrogens is 313 g/mol. The maximum absolute atomic E-state index is 11.2. The predicted molar refractivity (Wildman–Crippen MR) is 75.3 cm³/mol. The summed E-state index contributed by atoms with van der Waals surface area (Å²) in [6, 6.07) is 1.38. The normalized spacial score (nSPS) is 14.8. The van der Waals surface area contributed by atoms with E-state index in [2.05, 4.69) is 14.2 Å². The van der Waals surface area contributed by atoms with Crippen molar-refractivity contribution < 1.29 is 15.3 Å². The fourth-order valence-corrected chi connectivity index (χ4v) is 1.84. The summed E-state index contributed by atoms with van der Waals surface area (Å²) in [7, 11) is -2.47. The topological polar surface area (TPSA) is 72.4 Å². The van der Waals surface area contributed by atoms with Gasteiger partial charge in [0.1, 0.15) is 11.0 Å². The minimum Gasteiger partial charge on any atom is -0.352 e. The molecule has 108 valence electrons. The zero-order valence-corrected chi connectivity index (χ0v) is 13.1. The molecule has 0 aromatic carbocycles. The van der Waals surface area contributed by atoms with Crippen LogP contribution < -0.4 is 4.90 Å². The van der Waals surface area contributed by atoms with Crippen molar-refractivity contribution in [2.75, 3.05) is 24.8 Å². The smallest absolute Gasteiger partial charge is 0.264 e. The third-order valence-electron chi connectivity index (χ3n) is 2.28. The lowest BCUT2D eigenvalue weighted by atomic mass is 10.1. The van der Waals surface area contributed by atoms with E-state index in [0.717, 1.165) is 6.26 Å². The van der Waals surface area contributed by atoms with Crippen molar-refractivity contribution in [3.63, 3.8) is 0 Å². The summed E-state index contributed by atoms with van der Waals surface area (Å²) >= 11 is 11.5. The van der Waals surface area contributed by atoms with E-state index in [4.69, 9.17) is 25.9 Å². The van der Waals surface area contributed by atoms with E-state index < -0.39 is 22.2 Å². The summed E-state index contributed by atoms with van der Waals surface area (Å²) < 4.78 is 42.7. The molecule has 0 aliphatic heterocycles. The van der Waals surface area contributed by atoms with Gasteiger partial charge in [-0.15, -0.1) is 0 Å². The highest BCUT2D eigenvalue weighted by atomic mass is 35.5. The van der Waals surface area contributed by atoms with Crippen LogP contribution in [0.25, 0.3) is 0 Å². The Morgan fingerprint density at radius 2 is 2.05 bits per heavy atom. The summed E-state index contributed by atoms with van der Waals surface area (Å²) in [5.74, 6) is 0.228. The van der Waals surface area contributed by atoms with Gasteiger partial charge < -0.3 is 4.90 Å². The van der Waals surface area contributed by atoms with Gasteiger partial charge in [-0.05, 0) is 25.4 Å². The molecule has 0 saturated carbocycles. The molecule has 0 aliphatic carbocycles. The van der Waals surface area contributed by atoms with Crippen molar-refractivity contribution in [2.24, 2.45) is 0 Å². The largest absolute Gasteiger partial charge is 0.352 e. The number of rotatable bonds is 5. The molecule has 0 N–H and O–H groups in total. The highest BCUT2D eigenvalue weighted by Gasteiger charge is 2.27. The second-order valence-corrected chi connectivity index (χ2v) is 6.63. The van der Waals surface area contributed by atoms with Crippen molar-refractivity contribution in [3.05, 3.63) is 16.5 Å². The first-order valence-corrected chi connectivity index (χ1v) is 7.68. The first kappa shape index (κ1) is 13.4. The molecule has 1 aromatic rings. The average Bonchev–Trinajstić information content (AvgIpc) is 2.22. The van der Waals surface area contributed by atoms with Crippen molar-refractivity contribution in [1.82, 2.24) is 9.97 Å². The van der Waals surface area contributed by atoms with Crippen LogP contribution in [0.5, 0.6) is 0 Å². The van der Waals surface area contributed by atoms with Gasteiger partial charge in [0.2, 0.25) is 5.28 Å². The van der Waals surface area contributed by atoms with Gasteiger partial charge in [0, 0.05) is 13.1 Å². The van der Waals surface area contributed by atoms with Crippen LogP contribution in [0.4, 0.5) is 5.82 Å². The standard InChI is InChI=1S/C10H15Cl2N3O3S/c1-10(2,6-18-19(4,16)17)15(3)8-5-7(11)13-9(12)14-8/h5H,6H2,1-4H3/i6D2. The molecule has 0 bridgehead atoms. The van der Waals surface area contributed by atoms with E-state index >= 15 is 0 Å². The molecule has 0 aliphatic rings. The molecule has 0 amide bonds. The molecule has 0 radical (unpaired) electrons. The summed E-state index contributed by atoms with van der Waals surface area (Å²) in [4.78, 5) is 9.00. The second-order valence-electron chi connectivity index (χ2n) is 4.33. The Labute approximate surface area is 125 Å². The van der Waals surface area contributed by atoms with E-state index in [9.17, 15) is 8.42 Å². The van der Waals surface area contributed by atoms with Crippen LogP contribution in [0.3, 0.4) is 0 Å². The lowest BCUT2D eigenvalue weighted by Gasteiger charge is -2.35. The summed E-state index contributed by atoms with van der Waals surface area (Å²) in [5, 5.41) is -0.0259. The van der Waals surface area contributed by atoms with Crippen molar-refractivity contribution in [1.29, 1.82) is 0 Å². The number of anilines is 1. The molecule has 0 fully saturated rings. The highest BCUT2D eigenvalue weighted by Crippen LogP contribution is 2.24. The molecule has 9 heteroatoms. The van der Waals surface area contributed by atoms with Crippen LogP contribution in [-0.4, -0.2) is 43.8 Å². The summed E-state index contributed by atoms with van der Waals surface area (Å²) in [5.41, 5.74) is -1.39. The summed E-state index contributed by atoms with van der Waals surface area (Å²) in [6.07, 6.45) is 0.777. The fourth-order valence-electron chi connectivity index (χ4n) is 1.08. The number of likely N-dealkylation sites (N-methyl/N-ethyl adjacent to an activating group) is 1. The number of hydrogen-bond donors (Lipinski definition) is 0. The van der Waals surface area contributed by atoms with Crippen LogP contribution in [0.2, 0.25) is 10.4 Å². The Balaban J connectivity index is 3.21. The quantitative estimate of drug-likeness (QED) is 0.467. The monoisotopic (exact) mass is 329 g/mol. The number of halogens is 2. The van der Waals surface area contributed by atoms with E-state index in [-0.39, 0.29) is 16.3 Å². The van der Waals surface area contributed by atoms with Crippen molar-refractivity contribution in [2.45, 2.75) is 19.4 Å². The van der Waals surface area contributed by atoms with Gasteiger partial charge in [-0.2, -0.15) is 8.42 Å².